The second kappa shape index (κ2) is 10.7. The van der Waals surface area contributed by atoms with E-state index < -0.39 is 10.0 Å². The monoisotopic (exact) mass is 473 g/mol. The van der Waals surface area contributed by atoms with Crippen molar-refractivity contribution in [2.24, 2.45) is 0 Å². The second-order valence-corrected chi connectivity index (χ2v) is 11.5. The van der Waals surface area contributed by atoms with Gasteiger partial charge < -0.3 is 15.0 Å². The molecule has 2 aromatic carbocycles. The van der Waals surface area contributed by atoms with Crippen molar-refractivity contribution in [2.45, 2.75) is 31.9 Å². The van der Waals surface area contributed by atoms with Crippen LogP contribution in [0.25, 0.3) is 0 Å². The Morgan fingerprint density at radius 1 is 0.970 bits per heavy atom. The Morgan fingerprint density at radius 2 is 1.58 bits per heavy atom. The number of likely N-dealkylation sites (N-methyl/N-ethyl adjacent to an activating group) is 1. The molecule has 0 unspecified atom stereocenters. The van der Waals surface area contributed by atoms with Crippen LogP contribution in [0.3, 0.4) is 0 Å². The van der Waals surface area contributed by atoms with Gasteiger partial charge >= 0.3 is 0 Å². The summed E-state index contributed by atoms with van der Waals surface area (Å²) < 4.78 is 32.6. The van der Waals surface area contributed by atoms with E-state index in [1.807, 2.05) is 19.2 Å². The zero-order valence-corrected chi connectivity index (χ0v) is 20.8. The number of rotatable bonds is 8. The third kappa shape index (κ3) is 7.28. The van der Waals surface area contributed by atoms with E-state index in [2.05, 4.69) is 43.1 Å². The molecule has 0 atom stereocenters. The van der Waals surface area contributed by atoms with Crippen LogP contribution in [0.2, 0.25) is 0 Å². The molecule has 0 radical (unpaired) electrons. The van der Waals surface area contributed by atoms with Gasteiger partial charge in [0.25, 0.3) is 5.91 Å². The van der Waals surface area contributed by atoms with Crippen molar-refractivity contribution in [1.29, 1.82) is 0 Å². The van der Waals surface area contributed by atoms with E-state index in [4.69, 9.17) is 4.74 Å². The number of ether oxygens (including phenoxy) is 1. The van der Waals surface area contributed by atoms with Crippen LogP contribution in [0, 0.1) is 0 Å². The largest absolute Gasteiger partial charge is 0.492 e. The van der Waals surface area contributed by atoms with Crippen molar-refractivity contribution in [3.8, 4) is 5.75 Å². The highest BCUT2D eigenvalue weighted by atomic mass is 32.2. The maximum Gasteiger partial charge on any atom is 0.251 e. The first-order chi connectivity index (χ1) is 15.5. The number of carbonyl (C=O) groups is 1. The van der Waals surface area contributed by atoms with Crippen LogP contribution < -0.4 is 10.1 Å². The molecular weight excluding hydrogens is 438 g/mol. The molecule has 1 heterocycles. The lowest BCUT2D eigenvalue weighted by molar-refractivity contribution is 0.0947. The molecule has 0 aliphatic carbocycles. The van der Waals surface area contributed by atoms with Crippen molar-refractivity contribution in [2.75, 3.05) is 46.4 Å². The molecule has 1 fully saturated rings. The molecule has 2 aromatic rings. The molecule has 1 aliphatic rings. The van der Waals surface area contributed by atoms with Crippen LogP contribution in [0.4, 0.5) is 0 Å². The lowest BCUT2D eigenvalue weighted by Gasteiger charge is -2.31. The van der Waals surface area contributed by atoms with E-state index >= 15 is 0 Å². The molecular formula is C25H35N3O4S. The summed E-state index contributed by atoms with van der Waals surface area (Å²) in [4.78, 5) is 14.5. The number of carbonyl (C=O) groups excluding carboxylic acids is 1. The molecule has 180 valence electrons. The normalized spacial score (nSPS) is 15.9. The molecule has 1 aliphatic heterocycles. The molecule has 1 amide bonds. The van der Waals surface area contributed by atoms with Crippen LogP contribution in [0.5, 0.6) is 5.75 Å². The van der Waals surface area contributed by atoms with Gasteiger partial charge in [0.1, 0.15) is 12.4 Å². The van der Waals surface area contributed by atoms with Crippen LogP contribution in [0.15, 0.2) is 48.5 Å². The minimum atomic E-state index is -3.36. The number of benzene rings is 2. The molecule has 33 heavy (non-hydrogen) atoms. The zero-order chi connectivity index (χ0) is 24.1. The van der Waals surface area contributed by atoms with Gasteiger partial charge in [-0.2, -0.15) is 4.31 Å². The second-order valence-electron chi connectivity index (χ2n) is 9.53. The summed E-state index contributed by atoms with van der Waals surface area (Å²) in [5.41, 5.74) is 2.50. The fourth-order valence-electron chi connectivity index (χ4n) is 3.61. The molecule has 3 rings (SSSR count). The summed E-state index contributed by atoms with van der Waals surface area (Å²) in [6.45, 7) is 9.74. The summed E-state index contributed by atoms with van der Waals surface area (Å²) in [7, 11) is -1.37. The van der Waals surface area contributed by atoms with Gasteiger partial charge in [-0.05, 0) is 47.9 Å². The van der Waals surface area contributed by atoms with E-state index in [0.29, 0.717) is 37.4 Å². The van der Waals surface area contributed by atoms with Gasteiger partial charge in [0, 0.05) is 31.7 Å². The summed E-state index contributed by atoms with van der Waals surface area (Å²) in [5.74, 6) is 0.499. The first-order valence-electron chi connectivity index (χ1n) is 11.3. The lowest BCUT2D eigenvalue weighted by Crippen LogP contribution is -2.47. The lowest BCUT2D eigenvalue weighted by atomic mass is 9.87. The fourth-order valence-corrected chi connectivity index (χ4v) is 5.12. The predicted octanol–water partition coefficient (Wildman–Crippen LogP) is 2.87. The Labute approximate surface area is 197 Å². The van der Waals surface area contributed by atoms with Crippen LogP contribution in [0.1, 0.15) is 42.3 Å². The van der Waals surface area contributed by atoms with Gasteiger partial charge in [0.15, 0.2) is 0 Å². The van der Waals surface area contributed by atoms with Gasteiger partial charge in [0.2, 0.25) is 10.0 Å². The Morgan fingerprint density at radius 3 is 2.15 bits per heavy atom. The number of piperazine rings is 1. The van der Waals surface area contributed by atoms with Gasteiger partial charge in [-0.3, -0.25) is 4.79 Å². The summed E-state index contributed by atoms with van der Waals surface area (Å²) >= 11 is 0. The molecule has 0 bridgehead atoms. The zero-order valence-electron chi connectivity index (χ0n) is 20.0. The first-order valence-corrected chi connectivity index (χ1v) is 12.9. The van der Waals surface area contributed by atoms with E-state index in [1.54, 1.807) is 28.6 Å². The standard InChI is InChI=1S/C25H35N3O4S/c1-25(2,3)22-9-11-23(12-10-22)32-18-13-26-24(29)21-7-5-20(6-8-21)19-33(30,31)28-16-14-27(4)15-17-28/h5-12H,13-19H2,1-4H3,(H,26,29). The number of nitrogens with one attached hydrogen (secondary N) is 1. The minimum Gasteiger partial charge on any atom is -0.492 e. The highest BCUT2D eigenvalue weighted by molar-refractivity contribution is 7.88. The molecule has 0 aromatic heterocycles. The molecule has 0 saturated carbocycles. The number of hydrogen-bond acceptors (Lipinski definition) is 5. The average molecular weight is 474 g/mol. The van der Waals surface area contributed by atoms with Crippen molar-refractivity contribution < 1.29 is 17.9 Å². The number of sulfonamides is 1. The molecule has 1 N–H and O–H groups in total. The third-order valence-electron chi connectivity index (χ3n) is 5.80. The topological polar surface area (TPSA) is 79.0 Å². The average Bonchev–Trinajstić information content (AvgIpc) is 2.77. The van der Waals surface area contributed by atoms with Crippen molar-refractivity contribution in [3.05, 3.63) is 65.2 Å². The van der Waals surface area contributed by atoms with Crippen molar-refractivity contribution in [1.82, 2.24) is 14.5 Å². The van der Waals surface area contributed by atoms with Gasteiger partial charge in [0.05, 0.1) is 12.3 Å². The quantitative estimate of drug-likeness (QED) is 0.597. The highest BCUT2D eigenvalue weighted by Crippen LogP contribution is 2.24. The van der Waals surface area contributed by atoms with E-state index in [-0.39, 0.29) is 17.1 Å². The fraction of sp³-hybridized carbons (Fsp3) is 0.480. The highest BCUT2D eigenvalue weighted by Gasteiger charge is 2.25. The van der Waals surface area contributed by atoms with Crippen LogP contribution >= 0.6 is 0 Å². The Hall–Kier alpha value is -2.42. The third-order valence-corrected chi connectivity index (χ3v) is 7.65. The van der Waals surface area contributed by atoms with E-state index in [1.165, 1.54) is 5.56 Å². The van der Waals surface area contributed by atoms with Crippen LogP contribution in [-0.4, -0.2) is 69.9 Å². The smallest absolute Gasteiger partial charge is 0.251 e. The Bertz CT molecular complexity index is 1020. The minimum absolute atomic E-state index is 0.0551. The Kier molecular flexibility index (Phi) is 8.15. The van der Waals surface area contributed by atoms with Crippen LogP contribution in [-0.2, 0) is 21.2 Å². The predicted molar refractivity (Wildman–Crippen MR) is 131 cm³/mol. The summed E-state index contributed by atoms with van der Waals surface area (Å²) in [5, 5.41) is 2.83. The first kappa shape index (κ1) is 25.2. The number of hydrogen-bond donors (Lipinski definition) is 1. The van der Waals surface area contributed by atoms with Gasteiger partial charge in [-0.15, -0.1) is 0 Å². The summed E-state index contributed by atoms with van der Waals surface area (Å²) in [6, 6.07) is 14.7. The SMILES string of the molecule is CN1CCN(S(=O)(=O)Cc2ccc(C(=O)NCCOc3ccc(C(C)(C)C)cc3)cc2)CC1. The van der Waals surface area contributed by atoms with Crippen molar-refractivity contribution >= 4 is 15.9 Å². The molecule has 1 saturated heterocycles. The van der Waals surface area contributed by atoms with E-state index in [0.717, 1.165) is 18.8 Å². The number of nitrogens with zero attached hydrogens (tertiary/aromatic N) is 2. The molecule has 7 nitrogen and oxygen atoms in total. The van der Waals surface area contributed by atoms with Crippen molar-refractivity contribution in [3.63, 3.8) is 0 Å². The maximum atomic E-state index is 12.7. The van der Waals surface area contributed by atoms with Gasteiger partial charge in [-0.1, -0.05) is 45.0 Å². The molecule has 0 spiro atoms. The maximum absolute atomic E-state index is 12.7. The Balaban J connectivity index is 1.44. The number of amides is 1. The van der Waals surface area contributed by atoms with E-state index in [9.17, 15) is 13.2 Å². The van der Waals surface area contributed by atoms with Gasteiger partial charge in [-0.25, -0.2) is 8.42 Å². The molecule has 8 heteroatoms. The summed E-state index contributed by atoms with van der Waals surface area (Å²) in [6.07, 6.45) is 0.